The van der Waals surface area contributed by atoms with E-state index >= 15 is 0 Å². The normalized spacial score (nSPS) is 10.7. The van der Waals surface area contributed by atoms with Crippen LogP contribution < -0.4 is 19.5 Å². The molecule has 0 atom stereocenters. The van der Waals surface area contributed by atoms with Gasteiger partial charge in [0.2, 0.25) is 0 Å². The van der Waals surface area contributed by atoms with Crippen LogP contribution in [0.3, 0.4) is 0 Å². The molecule has 3 aromatic carbocycles. The molecule has 35 heavy (non-hydrogen) atoms. The van der Waals surface area contributed by atoms with Gasteiger partial charge in [0.05, 0.1) is 19.1 Å². The highest BCUT2D eigenvalue weighted by Gasteiger charge is 2.11. The van der Waals surface area contributed by atoms with Crippen molar-refractivity contribution < 1.29 is 23.9 Å². The number of benzene rings is 3. The number of nitrogens with one attached hydrogen (secondary N) is 1. The monoisotopic (exact) mass is 473 g/mol. The average Bonchev–Trinajstić information content (AvgIpc) is 2.89. The predicted molar refractivity (Wildman–Crippen MR) is 129 cm³/mol. The fourth-order valence-corrected chi connectivity index (χ4v) is 3.12. The minimum Gasteiger partial charge on any atom is -0.497 e. The highest BCUT2D eigenvalue weighted by atomic mass is 16.6. The summed E-state index contributed by atoms with van der Waals surface area (Å²) in [6.07, 6.45) is 1.49. The summed E-state index contributed by atoms with van der Waals surface area (Å²) in [5.74, 6) is 1.27. The molecule has 0 unspecified atom stereocenters. The number of carbonyl (C=O) groups excluding carboxylic acids is 1. The SMILES string of the molecule is COc1ccc(CNC(=O)/C(C#N)=C/c2ccc(OCc3ccc([N+](=O)[O-])cc3)cc2)c(OC)c1. The molecule has 0 aliphatic heterocycles. The first-order chi connectivity index (χ1) is 16.9. The molecule has 0 spiro atoms. The van der Waals surface area contributed by atoms with Crippen LogP contribution in [0.1, 0.15) is 16.7 Å². The third kappa shape index (κ3) is 6.82. The van der Waals surface area contributed by atoms with Crippen molar-refractivity contribution in [1.29, 1.82) is 5.26 Å². The Morgan fingerprint density at radius 3 is 2.31 bits per heavy atom. The Bertz CT molecular complexity index is 1260. The summed E-state index contributed by atoms with van der Waals surface area (Å²) in [4.78, 5) is 22.8. The van der Waals surface area contributed by atoms with Crippen molar-refractivity contribution >= 4 is 17.7 Å². The first-order valence-electron chi connectivity index (χ1n) is 10.5. The molecule has 0 aromatic heterocycles. The Labute approximate surface area is 202 Å². The molecular formula is C26H23N3O6. The maximum atomic E-state index is 12.5. The highest BCUT2D eigenvalue weighted by molar-refractivity contribution is 6.01. The average molecular weight is 473 g/mol. The van der Waals surface area contributed by atoms with Crippen molar-refractivity contribution in [3.8, 4) is 23.3 Å². The summed E-state index contributed by atoms with van der Waals surface area (Å²) in [6, 6.07) is 20.2. The molecule has 9 nitrogen and oxygen atoms in total. The quantitative estimate of drug-likeness (QED) is 0.200. The van der Waals surface area contributed by atoms with Gasteiger partial charge in [-0.25, -0.2) is 0 Å². The summed E-state index contributed by atoms with van der Waals surface area (Å²) < 4.78 is 16.2. The molecule has 1 amide bonds. The number of hydrogen-bond donors (Lipinski definition) is 1. The van der Waals surface area contributed by atoms with Gasteiger partial charge in [-0.1, -0.05) is 12.1 Å². The van der Waals surface area contributed by atoms with Crippen molar-refractivity contribution in [3.63, 3.8) is 0 Å². The summed E-state index contributed by atoms with van der Waals surface area (Å²) in [7, 11) is 3.08. The number of hydrogen-bond acceptors (Lipinski definition) is 7. The number of nitro benzene ring substituents is 1. The molecule has 0 saturated heterocycles. The Morgan fingerprint density at radius 1 is 1.03 bits per heavy atom. The molecule has 0 aliphatic rings. The standard InChI is InChI=1S/C26H23N3O6/c1-33-24-12-7-20(25(14-24)34-2)16-28-26(30)21(15-27)13-18-5-10-23(11-6-18)35-17-19-3-8-22(9-4-19)29(31)32/h3-14H,16-17H2,1-2H3,(H,28,30)/b21-13+. The Kier molecular flexibility index (Phi) is 8.40. The van der Waals surface area contributed by atoms with Gasteiger partial charge in [0, 0.05) is 30.3 Å². The molecule has 3 rings (SSSR count). The Morgan fingerprint density at radius 2 is 1.71 bits per heavy atom. The van der Waals surface area contributed by atoms with Crippen LogP contribution in [0.25, 0.3) is 6.08 Å². The molecule has 0 aliphatic carbocycles. The van der Waals surface area contributed by atoms with Crippen molar-refractivity contribution in [2.24, 2.45) is 0 Å². The molecule has 0 saturated carbocycles. The number of ether oxygens (including phenoxy) is 3. The van der Waals surface area contributed by atoms with E-state index in [-0.39, 0.29) is 24.4 Å². The molecule has 9 heteroatoms. The second kappa shape index (κ2) is 11.9. The molecule has 3 aromatic rings. The van der Waals surface area contributed by atoms with Crippen LogP contribution in [0, 0.1) is 21.4 Å². The number of methoxy groups -OCH3 is 2. The third-order valence-electron chi connectivity index (χ3n) is 5.04. The van der Waals surface area contributed by atoms with E-state index in [1.54, 1.807) is 61.7 Å². The van der Waals surface area contributed by atoms with Crippen LogP contribution in [0.15, 0.2) is 72.3 Å². The van der Waals surface area contributed by atoms with E-state index in [9.17, 15) is 20.2 Å². The fourth-order valence-electron chi connectivity index (χ4n) is 3.12. The smallest absolute Gasteiger partial charge is 0.269 e. The lowest BCUT2D eigenvalue weighted by atomic mass is 10.1. The van der Waals surface area contributed by atoms with Crippen LogP contribution in [0.5, 0.6) is 17.2 Å². The van der Waals surface area contributed by atoms with Gasteiger partial charge < -0.3 is 19.5 Å². The predicted octanol–water partition coefficient (Wildman–Crippen LogP) is 4.41. The van der Waals surface area contributed by atoms with Crippen LogP contribution in [-0.2, 0) is 17.9 Å². The zero-order valence-corrected chi connectivity index (χ0v) is 19.2. The maximum Gasteiger partial charge on any atom is 0.269 e. The lowest BCUT2D eigenvalue weighted by Crippen LogP contribution is -2.24. The summed E-state index contributed by atoms with van der Waals surface area (Å²) in [6.45, 7) is 0.425. The molecule has 178 valence electrons. The number of amides is 1. The maximum absolute atomic E-state index is 12.5. The third-order valence-corrected chi connectivity index (χ3v) is 5.04. The molecule has 0 heterocycles. The topological polar surface area (TPSA) is 124 Å². The van der Waals surface area contributed by atoms with Gasteiger partial charge in [0.25, 0.3) is 11.6 Å². The number of nitrogens with zero attached hydrogens (tertiary/aromatic N) is 2. The Balaban J connectivity index is 1.59. The number of nitriles is 1. The Hall–Kier alpha value is -4.84. The van der Waals surface area contributed by atoms with Crippen molar-refractivity contribution in [2.45, 2.75) is 13.2 Å². The minimum atomic E-state index is -0.510. The molecule has 1 N–H and O–H groups in total. The van der Waals surface area contributed by atoms with Gasteiger partial charge in [-0.2, -0.15) is 5.26 Å². The van der Waals surface area contributed by atoms with Crippen LogP contribution in [0.4, 0.5) is 5.69 Å². The summed E-state index contributed by atoms with van der Waals surface area (Å²) in [5, 5.41) is 22.9. The number of carbonyl (C=O) groups is 1. The van der Waals surface area contributed by atoms with Gasteiger partial charge >= 0.3 is 0 Å². The molecule has 0 fully saturated rings. The highest BCUT2D eigenvalue weighted by Crippen LogP contribution is 2.24. The van der Waals surface area contributed by atoms with E-state index in [0.29, 0.717) is 22.8 Å². The minimum absolute atomic E-state index is 0.0189. The zero-order chi connectivity index (χ0) is 25.2. The van der Waals surface area contributed by atoms with E-state index in [0.717, 1.165) is 11.1 Å². The molecule has 0 radical (unpaired) electrons. The van der Waals surface area contributed by atoms with Crippen molar-refractivity contribution in [1.82, 2.24) is 5.32 Å². The van der Waals surface area contributed by atoms with E-state index in [1.165, 1.54) is 25.3 Å². The lowest BCUT2D eigenvalue weighted by molar-refractivity contribution is -0.384. The number of non-ortho nitro benzene ring substituents is 1. The van der Waals surface area contributed by atoms with Gasteiger partial charge in [-0.3, -0.25) is 14.9 Å². The van der Waals surface area contributed by atoms with E-state index in [4.69, 9.17) is 14.2 Å². The lowest BCUT2D eigenvalue weighted by Gasteiger charge is -2.11. The molecular weight excluding hydrogens is 450 g/mol. The van der Waals surface area contributed by atoms with Gasteiger partial charge in [0.1, 0.15) is 35.5 Å². The number of rotatable bonds is 10. The van der Waals surface area contributed by atoms with Crippen molar-refractivity contribution in [3.05, 3.63) is 99.1 Å². The van der Waals surface area contributed by atoms with Crippen LogP contribution >= 0.6 is 0 Å². The fraction of sp³-hybridized carbons (Fsp3) is 0.154. The largest absolute Gasteiger partial charge is 0.497 e. The van der Waals surface area contributed by atoms with Gasteiger partial charge in [-0.05, 0) is 53.6 Å². The van der Waals surface area contributed by atoms with Crippen LogP contribution in [0.2, 0.25) is 0 Å². The first-order valence-corrected chi connectivity index (χ1v) is 10.5. The van der Waals surface area contributed by atoms with E-state index < -0.39 is 10.8 Å². The number of nitro groups is 1. The van der Waals surface area contributed by atoms with Crippen LogP contribution in [-0.4, -0.2) is 25.1 Å². The second-order valence-corrected chi connectivity index (χ2v) is 7.31. The van der Waals surface area contributed by atoms with Crippen molar-refractivity contribution in [2.75, 3.05) is 14.2 Å². The summed E-state index contributed by atoms with van der Waals surface area (Å²) in [5.41, 5.74) is 2.16. The second-order valence-electron chi connectivity index (χ2n) is 7.31. The molecule has 0 bridgehead atoms. The van der Waals surface area contributed by atoms with Gasteiger partial charge in [0.15, 0.2) is 0 Å². The summed E-state index contributed by atoms with van der Waals surface area (Å²) >= 11 is 0. The van der Waals surface area contributed by atoms with Gasteiger partial charge in [-0.15, -0.1) is 0 Å². The van der Waals surface area contributed by atoms with E-state index in [1.807, 2.05) is 6.07 Å². The zero-order valence-electron chi connectivity index (χ0n) is 19.2. The van der Waals surface area contributed by atoms with E-state index in [2.05, 4.69) is 5.32 Å². The first kappa shape index (κ1) is 24.8.